The molecule has 1 aromatic heterocycles. The Balaban J connectivity index is 0.000000550. The molecule has 0 amide bonds. The highest BCUT2D eigenvalue weighted by Crippen LogP contribution is 2.31. The van der Waals surface area contributed by atoms with Crippen LogP contribution in [-0.4, -0.2) is 63.8 Å². The summed E-state index contributed by atoms with van der Waals surface area (Å²) >= 11 is 2.85. The van der Waals surface area contributed by atoms with Gasteiger partial charge in [0.25, 0.3) is 5.56 Å². The number of aromatic amines is 1. The summed E-state index contributed by atoms with van der Waals surface area (Å²) in [6.45, 7) is 0. The highest BCUT2D eigenvalue weighted by atomic mass is 79.9. The molecule has 0 spiro atoms. The van der Waals surface area contributed by atoms with E-state index in [2.05, 4.69) is 15.9 Å². The average Bonchev–Trinajstić information content (AvgIpc) is 2.72. The number of aliphatic hydroxyl groups excluding tert-OH is 2. The maximum atomic E-state index is 11.7. The van der Waals surface area contributed by atoms with Crippen molar-refractivity contribution in [2.75, 3.05) is 5.73 Å². The fourth-order valence-electron chi connectivity index (χ4n) is 1.87. The van der Waals surface area contributed by atoms with Crippen LogP contribution in [0.3, 0.4) is 0 Å². The Bertz CT molecular complexity index is 808. The molecule has 0 aliphatic carbocycles. The summed E-state index contributed by atoms with van der Waals surface area (Å²) in [5.74, 6) is -1.87. The molecule has 0 saturated carbocycles. The molecule has 1 aliphatic rings. The number of nitrogens with two attached hydrogens (primary N) is 1. The average molecular weight is 450 g/mol. The van der Waals surface area contributed by atoms with Gasteiger partial charge in [-0.3, -0.25) is 9.78 Å². The van der Waals surface area contributed by atoms with E-state index in [-0.39, 0.29) is 10.3 Å². The Labute approximate surface area is 145 Å². The molecule has 14 nitrogen and oxygen atoms in total. The molecular weight excluding hydrogens is 437 g/mol. The lowest BCUT2D eigenvalue weighted by Gasteiger charge is -2.19. The van der Waals surface area contributed by atoms with Crippen LogP contribution in [0.25, 0.3) is 0 Å². The molecule has 0 aromatic carbocycles. The minimum Gasteiger partial charge on any atom is -0.479 e. The van der Waals surface area contributed by atoms with Crippen LogP contribution in [0.4, 0.5) is 5.82 Å². The third kappa shape index (κ3) is 5.20. The standard InChI is InChI=1S/C9H10BrN3O7.H3O4P/c10-1-5(11)13(9(19)12-6(1)16)7-3(15)2(14)4(20-7)8(17)18;1-5(2,3)4/h2-4,7,14-15H,11H2,(H,17,18)(H,12,16,19);(H3,1,2,3,4)/t2-,3+,4-,7+;/m0./s1. The molecule has 2 rings (SSSR count). The van der Waals surface area contributed by atoms with Crippen molar-refractivity contribution in [1.29, 1.82) is 0 Å². The number of H-pyrrole nitrogens is 1. The molecule has 0 radical (unpaired) electrons. The zero-order chi connectivity index (χ0) is 19.7. The summed E-state index contributed by atoms with van der Waals surface area (Å²) < 4.78 is 14.3. The number of hydrogen-bond donors (Lipinski definition) is 8. The molecular formula is C9H13BrN3O11P. The molecule has 0 unspecified atom stereocenters. The van der Waals surface area contributed by atoms with Gasteiger partial charge >= 0.3 is 19.5 Å². The van der Waals surface area contributed by atoms with E-state index < -0.39 is 49.6 Å². The third-order valence-electron chi connectivity index (χ3n) is 2.86. The van der Waals surface area contributed by atoms with E-state index in [1.807, 2.05) is 4.98 Å². The van der Waals surface area contributed by atoms with E-state index in [0.717, 1.165) is 0 Å². The monoisotopic (exact) mass is 449 g/mol. The minimum atomic E-state index is -4.64. The number of nitrogens with one attached hydrogen (secondary N) is 1. The predicted molar refractivity (Wildman–Crippen MR) is 81.3 cm³/mol. The van der Waals surface area contributed by atoms with Gasteiger partial charge in [0.05, 0.1) is 0 Å². The van der Waals surface area contributed by atoms with E-state index >= 15 is 0 Å². The summed E-state index contributed by atoms with van der Waals surface area (Å²) in [6, 6.07) is 0. The molecule has 2 heterocycles. The number of ether oxygens (including phenoxy) is 1. The first kappa shape index (κ1) is 21.5. The van der Waals surface area contributed by atoms with Gasteiger partial charge in [-0.05, 0) is 15.9 Å². The first-order valence-corrected chi connectivity index (χ1v) is 8.44. The van der Waals surface area contributed by atoms with Gasteiger partial charge in [0.1, 0.15) is 22.5 Å². The molecule has 1 fully saturated rings. The molecule has 1 aromatic rings. The number of carbonyl (C=O) groups is 1. The van der Waals surface area contributed by atoms with E-state index in [1.54, 1.807) is 0 Å². The topological polar surface area (TPSA) is 246 Å². The summed E-state index contributed by atoms with van der Waals surface area (Å²) in [5, 5.41) is 28.2. The van der Waals surface area contributed by atoms with Crippen LogP contribution in [0, 0.1) is 0 Å². The molecule has 9 N–H and O–H groups in total. The van der Waals surface area contributed by atoms with Crippen molar-refractivity contribution in [3.05, 3.63) is 25.3 Å². The van der Waals surface area contributed by atoms with Crippen molar-refractivity contribution < 1.29 is 44.1 Å². The number of hydrogen-bond acceptors (Lipinski definition) is 8. The zero-order valence-electron chi connectivity index (χ0n) is 11.9. The quantitative estimate of drug-likeness (QED) is 0.206. The van der Waals surface area contributed by atoms with Gasteiger partial charge in [-0.25, -0.2) is 18.7 Å². The highest BCUT2D eigenvalue weighted by Gasteiger charge is 2.48. The number of aliphatic carboxylic acids is 1. The third-order valence-corrected chi connectivity index (χ3v) is 3.63. The van der Waals surface area contributed by atoms with Crippen LogP contribution in [-0.2, 0) is 14.1 Å². The van der Waals surface area contributed by atoms with Crippen molar-refractivity contribution in [3.63, 3.8) is 0 Å². The number of rotatable bonds is 2. The SMILES string of the molecule is Nc1c(Br)c(=O)[nH]c(=O)n1[C@@H]1O[C@H](C(=O)O)[C@@H](O)[C@H]1O.O=P(O)(O)O. The fraction of sp³-hybridized carbons (Fsp3) is 0.444. The number of carboxylic acid groups (broad SMARTS) is 1. The number of phosphoric acid groups is 1. The number of aliphatic hydroxyl groups is 2. The van der Waals surface area contributed by atoms with E-state index in [9.17, 15) is 24.6 Å². The van der Waals surface area contributed by atoms with E-state index in [1.165, 1.54) is 0 Å². The molecule has 0 bridgehead atoms. The van der Waals surface area contributed by atoms with Crippen LogP contribution >= 0.6 is 23.8 Å². The van der Waals surface area contributed by atoms with E-state index in [0.29, 0.717) is 4.57 Å². The predicted octanol–water partition coefficient (Wildman–Crippen LogP) is -3.34. The number of carboxylic acids is 1. The van der Waals surface area contributed by atoms with Crippen molar-refractivity contribution in [2.45, 2.75) is 24.5 Å². The van der Waals surface area contributed by atoms with Crippen LogP contribution in [0.2, 0.25) is 0 Å². The van der Waals surface area contributed by atoms with Crippen LogP contribution < -0.4 is 17.0 Å². The van der Waals surface area contributed by atoms with Crippen molar-refractivity contribution in [2.24, 2.45) is 0 Å². The summed E-state index contributed by atoms with van der Waals surface area (Å²) in [7, 11) is -4.64. The molecule has 4 atom stereocenters. The minimum absolute atomic E-state index is 0.179. The Morgan fingerprint density at radius 3 is 2.12 bits per heavy atom. The lowest BCUT2D eigenvalue weighted by molar-refractivity contribution is -0.155. The Morgan fingerprint density at radius 2 is 1.72 bits per heavy atom. The second-order valence-corrected chi connectivity index (χ2v) is 6.43. The largest absolute Gasteiger partial charge is 0.479 e. The fourth-order valence-corrected chi connectivity index (χ4v) is 2.16. The Kier molecular flexibility index (Phi) is 6.66. The van der Waals surface area contributed by atoms with Crippen LogP contribution in [0.15, 0.2) is 14.1 Å². The number of nitrogen functional groups attached to an aromatic ring is 1. The number of nitrogens with zero attached hydrogens (tertiary/aromatic N) is 1. The van der Waals surface area contributed by atoms with Crippen LogP contribution in [0.1, 0.15) is 6.23 Å². The van der Waals surface area contributed by atoms with Gasteiger partial charge in [-0.1, -0.05) is 0 Å². The second kappa shape index (κ2) is 7.76. The molecule has 1 aliphatic heterocycles. The lowest BCUT2D eigenvalue weighted by Crippen LogP contribution is -2.40. The number of anilines is 1. The summed E-state index contributed by atoms with van der Waals surface area (Å²) in [4.78, 5) is 57.3. The normalized spacial score (nSPS) is 26.0. The van der Waals surface area contributed by atoms with Crippen molar-refractivity contribution in [1.82, 2.24) is 9.55 Å². The van der Waals surface area contributed by atoms with Crippen molar-refractivity contribution in [3.8, 4) is 0 Å². The van der Waals surface area contributed by atoms with E-state index in [4.69, 9.17) is 34.8 Å². The van der Waals surface area contributed by atoms with Gasteiger partial charge < -0.3 is 40.5 Å². The molecule has 25 heavy (non-hydrogen) atoms. The maximum absolute atomic E-state index is 11.7. The smallest absolute Gasteiger partial charge is 0.466 e. The second-order valence-electron chi connectivity index (χ2n) is 4.61. The number of aromatic nitrogens is 2. The Morgan fingerprint density at radius 1 is 1.24 bits per heavy atom. The first-order valence-electron chi connectivity index (χ1n) is 6.08. The van der Waals surface area contributed by atoms with Gasteiger partial charge in [0.2, 0.25) is 0 Å². The maximum Gasteiger partial charge on any atom is 0.466 e. The van der Waals surface area contributed by atoms with Gasteiger partial charge in [-0.2, -0.15) is 0 Å². The zero-order valence-corrected chi connectivity index (χ0v) is 14.4. The molecule has 142 valence electrons. The highest BCUT2D eigenvalue weighted by molar-refractivity contribution is 9.10. The van der Waals surface area contributed by atoms with Crippen LogP contribution in [0.5, 0.6) is 0 Å². The summed E-state index contributed by atoms with van der Waals surface area (Å²) in [6.07, 6.45) is -6.69. The van der Waals surface area contributed by atoms with Gasteiger partial charge in [0, 0.05) is 0 Å². The molecule has 16 heteroatoms. The lowest BCUT2D eigenvalue weighted by atomic mass is 10.1. The first-order chi connectivity index (χ1) is 11.3. The van der Waals surface area contributed by atoms with Gasteiger partial charge in [-0.15, -0.1) is 0 Å². The summed E-state index contributed by atoms with van der Waals surface area (Å²) in [5.41, 5.74) is 3.78. The van der Waals surface area contributed by atoms with Gasteiger partial charge in [0.15, 0.2) is 12.3 Å². The van der Waals surface area contributed by atoms with Crippen molar-refractivity contribution >= 4 is 35.5 Å². The number of halogens is 1. The molecule has 1 saturated heterocycles. The Hall–Kier alpha value is -1.58.